The van der Waals surface area contributed by atoms with Crippen LogP contribution in [0.15, 0.2) is 36.5 Å². The van der Waals surface area contributed by atoms with E-state index in [9.17, 15) is 9.59 Å². The molecule has 1 aromatic heterocycles. The van der Waals surface area contributed by atoms with Gasteiger partial charge >= 0.3 is 5.97 Å². The van der Waals surface area contributed by atoms with Gasteiger partial charge in [-0.05, 0) is 29.5 Å². The number of amides is 1. The van der Waals surface area contributed by atoms with Gasteiger partial charge in [-0.3, -0.25) is 9.89 Å². The van der Waals surface area contributed by atoms with Gasteiger partial charge in [0.05, 0.1) is 0 Å². The number of nitrogens with one attached hydrogen (secondary N) is 1. The fourth-order valence-electron chi connectivity index (χ4n) is 2.88. The molecule has 1 N–H and O–H groups in total. The largest absolute Gasteiger partial charge is 0.447 e. The number of rotatable bonds is 4. The van der Waals surface area contributed by atoms with Crippen LogP contribution in [0.5, 0.6) is 0 Å². The van der Waals surface area contributed by atoms with Gasteiger partial charge in [-0.15, -0.1) is 0 Å². The Labute approximate surface area is 140 Å². The molecule has 1 amide bonds. The lowest BCUT2D eigenvalue weighted by molar-refractivity contribution is -0.144. The second kappa shape index (κ2) is 6.86. The van der Waals surface area contributed by atoms with E-state index in [1.54, 1.807) is 4.90 Å². The highest BCUT2D eigenvalue weighted by molar-refractivity contribution is 5.90. The topological polar surface area (TPSA) is 75.3 Å². The predicted octanol–water partition coefficient (Wildman–Crippen LogP) is 2.18. The van der Waals surface area contributed by atoms with Gasteiger partial charge in [0.15, 0.2) is 6.10 Å². The second-order valence-corrected chi connectivity index (χ2v) is 6.32. The zero-order valence-corrected chi connectivity index (χ0v) is 13.9. The molecule has 0 bridgehead atoms. The molecule has 24 heavy (non-hydrogen) atoms. The van der Waals surface area contributed by atoms with Gasteiger partial charge in [0.1, 0.15) is 5.69 Å². The van der Waals surface area contributed by atoms with Crippen LogP contribution in [0.4, 0.5) is 0 Å². The molecule has 6 heteroatoms. The van der Waals surface area contributed by atoms with Crippen molar-refractivity contribution in [2.75, 3.05) is 6.54 Å². The van der Waals surface area contributed by atoms with Crippen LogP contribution in [0.3, 0.4) is 0 Å². The molecule has 0 spiro atoms. The first-order chi connectivity index (χ1) is 11.6. The molecule has 1 aliphatic rings. The van der Waals surface area contributed by atoms with Gasteiger partial charge in [0.2, 0.25) is 0 Å². The number of benzene rings is 1. The molecule has 0 fully saturated rings. The standard InChI is InChI=1S/C18H21N3O3/c1-12(2)16(24-18(23)15-7-9-19-20-15)17(22)21-10-8-13-5-3-4-6-14(13)11-21/h3-7,9,12,16H,8,10-11H2,1-2H3,(H,19,20). The fraction of sp³-hybridized carbons (Fsp3) is 0.389. The van der Waals surface area contributed by atoms with E-state index in [-0.39, 0.29) is 17.5 Å². The van der Waals surface area contributed by atoms with Gasteiger partial charge in [-0.25, -0.2) is 4.79 Å². The zero-order chi connectivity index (χ0) is 17.1. The zero-order valence-electron chi connectivity index (χ0n) is 13.9. The van der Waals surface area contributed by atoms with Crippen LogP contribution in [-0.2, 0) is 22.5 Å². The van der Waals surface area contributed by atoms with Gasteiger partial charge in [-0.2, -0.15) is 5.10 Å². The van der Waals surface area contributed by atoms with E-state index in [1.165, 1.54) is 17.8 Å². The van der Waals surface area contributed by atoms with Crippen molar-refractivity contribution in [1.29, 1.82) is 0 Å². The lowest BCUT2D eigenvalue weighted by Gasteiger charge is -2.32. The average molecular weight is 327 g/mol. The number of fused-ring (bicyclic) bond motifs is 1. The summed E-state index contributed by atoms with van der Waals surface area (Å²) < 4.78 is 5.46. The molecular formula is C18H21N3O3. The van der Waals surface area contributed by atoms with Crippen LogP contribution in [0, 0.1) is 5.92 Å². The molecule has 1 aromatic carbocycles. The van der Waals surface area contributed by atoms with E-state index in [2.05, 4.69) is 16.3 Å². The second-order valence-electron chi connectivity index (χ2n) is 6.32. The Morgan fingerprint density at radius 3 is 2.62 bits per heavy atom. The molecule has 1 aliphatic heterocycles. The molecular weight excluding hydrogens is 306 g/mol. The first-order valence-corrected chi connectivity index (χ1v) is 8.12. The summed E-state index contributed by atoms with van der Waals surface area (Å²) in [7, 11) is 0. The fourth-order valence-corrected chi connectivity index (χ4v) is 2.88. The molecule has 1 atom stereocenters. The Kier molecular flexibility index (Phi) is 4.64. The minimum absolute atomic E-state index is 0.110. The number of ether oxygens (including phenoxy) is 1. The maximum Gasteiger partial charge on any atom is 0.357 e. The van der Waals surface area contributed by atoms with E-state index in [0.717, 1.165) is 12.0 Å². The molecule has 6 nitrogen and oxygen atoms in total. The molecule has 2 heterocycles. The highest BCUT2D eigenvalue weighted by Crippen LogP contribution is 2.21. The maximum atomic E-state index is 12.9. The van der Waals surface area contributed by atoms with Crippen LogP contribution in [0.25, 0.3) is 0 Å². The van der Waals surface area contributed by atoms with Crippen LogP contribution in [-0.4, -0.2) is 39.6 Å². The van der Waals surface area contributed by atoms with Crippen molar-refractivity contribution in [3.63, 3.8) is 0 Å². The highest BCUT2D eigenvalue weighted by atomic mass is 16.5. The van der Waals surface area contributed by atoms with Crippen molar-refractivity contribution < 1.29 is 14.3 Å². The lowest BCUT2D eigenvalue weighted by atomic mass is 9.98. The third-order valence-corrected chi connectivity index (χ3v) is 4.25. The van der Waals surface area contributed by atoms with Crippen molar-refractivity contribution >= 4 is 11.9 Å². The number of nitrogens with zero attached hydrogens (tertiary/aromatic N) is 2. The Morgan fingerprint density at radius 1 is 1.21 bits per heavy atom. The first kappa shape index (κ1) is 16.2. The monoisotopic (exact) mass is 327 g/mol. The number of carbonyl (C=O) groups excluding carboxylic acids is 2. The summed E-state index contributed by atoms with van der Waals surface area (Å²) in [6.07, 6.45) is 1.50. The van der Waals surface area contributed by atoms with Crippen molar-refractivity contribution in [2.45, 2.75) is 32.9 Å². The minimum Gasteiger partial charge on any atom is -0.447 e. The van der Waals surface area contributed by atoms with Crippen LogP contribution >= 0.6 is 0 Å². The Bertz CT molecular complexity index is 725. The highest BCUT2D eigenvalue weighted by Gasteiger charge is 2.32. The first-order valence-electron chi connectivity index (χ1n) is 8.12. The van der Waals surface area contributed by atoms with Crippen LogP contribution in [0.2, 0.25) is 0 Å². The third-order valence-electron chi connectivity index (χ3n) is 4.25. The number of hydrogen-bond acceptors (Lipinski definition) is 4. The molecule has 2 aromatic rings. The van der Waals surface area contributed by atoms with Crippen LogP contribution < -0.4 is 0 Å². The SMILES string of the molecule is CC(C)C(OC(=O)c1ccn[nH]1)C(=O)N1CCc2ccccc2C1. The Morgan fingerprint density at radius 2 is 1.96 bits per heavy atom. The molecule has 0 saturated carbocycles. The molecule has 1 unspecified atom stereocenters. The van der Waals surface area contributed by atoms with Crippen molar-refractivity contribution in [3.05, 3.63) is 53.3 Å². The normalized spacial score (nSPS) is 15.0. The number of carbonyl (C=O) groups is 2. The minimum atomic E-state index is -0.800. The summed E-state index contributed by atoms with van der Waals surface area (Å²) in [5, 5.41) is 6.30. The van der Waals surface area contributed by atoms with Gasteiger partial charge in [0.25, 0.3) is 5.91 Å². The molecule has 126 valence electrons. The average Bonchev–Trinajstić information content (AvgIpc) is 3.13. The Hall–Kier alpha value is -2.63. The van der Waals surface area contributed by atoms with E-state index in [1.807, 2.05) is 32.0 Å². The van der Waals surface area contributed by atoms with E-state index in [4.69, 9.17) is 4.74 Å². The molecule has 0 radical (unpaired) electrons. The summed E-state index contributed by atoms with van der Waals surface area (Å²) in [6.45, 7) is 4.95. The summed E-state index contributed by atoms with van der Waals surface area (Å²) in [5.74, 6) is -0.814. The summed E-state index contributed by atoms with van der Waals surface area (Å²) >= 11 is 0. The van der Waals surface area contributed by atoms with Crippen molar-refractivity contribution in [1.82, 2.24) is 15.1 Å². The summed E-state index contributed by atoms with van der Waals surface area (Å²) in [4.78, 5) is 26.8. The number of aromatic amines is 1. The number of esters is 1. The van der Waals surface area contributed by atoms with Gasteiger partial charge < -0.3 is 9.64 Å². The number of aromatic nitrogens is 2. The smallest absolute Gasteiger partial charge is 0.357 e. The number of H-pyrrole nitrogens is 1. The van der Waals surface area contributed by atoms with E-state index in [0.29, 0.717) is 13.1 Å². The van der Waals surface area contributed by atoms with E-state index < -0.39 is 12.1 Å². The van der Waals surface area contributed by atoms with E-state index >= 15 is 0 Å². The van der Waals surface area contributed by atoms with Gasteiger partial charge in [-0.1, -0.05) is 38.1 Å². The summed E-state index contributed by atoms with van der Waals surface area (Å²) in [5.41, 5.74) is 2.68. The lowest BCUT2D eigenvalue weighted by Crippen LogP contribution is -2.46. The predicted molar refractivity (Wildman–Crippen MR) is 88.2 cm³/mol. The van der Waals surface area contributed by atoms with Gasteiger partial charge in [0, 0.05) is 19.3 Å². The quantitative estimate of drug-likeness (QED) is 0.873. The third kappa shape index (κ3) is 3.32. The molecule has 0 saturated heterocycles. The van der Waals surface area contributed by atoms with Crippen LogP contribution in [0.1, 0.15) is 35.5 Å². The van der Waals surface area contributed by atoms with Crippen molar-refractivity contribution in [2.24, 2.45) is 5.92 Å². The van der Waals surface area contributed by atoms with Crippen molar-refractivity contribution in [3.8, 4) is 0 Å². The maximum absolute atomic E-state index is 12.9. The number of hydrogen-bond donors (Lipinski definition) is 1. The molecule has 0 aliphatic carbocycles. The Balaban J connectivity index is 1.72. The molecule has 3 rings (SSSR count). The summed E-state index contributed by atoms with van der Waals surface area (Å²) in [6, 6.07) is 9.65.